The summed E-state index contributed by atoms with van der Waals surface area (Å²) in [5.74, 6) is 2.17. The summed E-state index contributed by atoms with van der Waals surface area (Å²) in [6.07, 6.45) is 2.48. The first kappa shape index (κ1) is 10.9. The third kappa shape index (κ3) is 2.50. The van der Waals surface area contributed by atoms with Gasteiger partial charge in [-0.15, -0.1) is 0 Å². The van der Waals surface area contributed by atoms with E-state index in [4.69, 9.17) is 4.52 Å². The average molecular weight is 223 g/mol. The van der Waals surface area contributed by atoms with Gasteiger partial charge in [0.05, 0.1) is 6.54 Å². The Bertz CT molecular complexity index is 367. The summed E-state index contributed by atoms with van der Waals surface area (Å²) in [4.78, 5) is 10.6. The van der Waals surface area contributed by atoms with Gasteiger partial charge >= 0.3 is 0 Å². The van der Waals surface area contributed by atoms with Crippen LogP contribution < -0.4 is 5.32 Å². The first-order valence-corrected chi connectivity index (χ1v) is 5.54. The summed E-state index contributed by atoms with van der Waals surface area (Å²) in [7, 11) is 1.79. The third-order valence-electron chi connectivity index (χ3n) is 2.59. The molecule has 0 atom stereocenters. The van der Waals surface area contributed by atoms with Crippen LogP contribution >= 0.6 is 0 Å². The highest BCUT2D eigenvalue weighted by molar-refractivity contribution is 5.79. The number of aliphatic imine (C=N–C) groups is 1. The van der Waals surface area contributed by atoms with Crippen LogP contribution in [0.1, 0.15) is 24.6 Å². The van der Waals surface area contributed by atoms with Crippen LogP contribution in [0.4, 0.5) is 0 Å². The zero-order chi connectivity index (χ0) is 11.4. The van der Waals surface area contributed by atoms with Gasteiger partial charge in [0.2, 0.25) is 5.89 Å². The fourth-order valence-electron chi connectivity index (χ4n) is 1.83. The fourth-order valence-corrected chi connectivity index (χ4v) is 1.83. The van der Waals surface area contributed by atoms with Crippen molar-refractivity contribution in [3.05, 3.63) is 11.7 Å². The van der Waals surface area contributed by atoms with Gasteiger partial charge in [-0.25, -0.2) is 0 Å². The molecular weight excluding hydrogens is 206 g/mol. The fraction of sp³-hybridized carbons (Fsp3) is 0.700. The maximum absolute atomic E-state index is 4.90. The smallest absolute Gasteiger partial charge is 0.223 e. The number of nitrogens with one attached hydrogen (secondary N) is 1. The summed E-state index contributed by atoms with van der Waals surface area (Å²) in [5, 5.41) is 7.06. The zero-order valence-electron chi connectivity index (χ0n) is 9.73. The molecule has 0 radical (unpaired) electrons. The minimum atomic E-state index is 0.556. The molecule has 0 aromatic carbocycles. The third-order valence-corrected chi connectivity index (χ3v) is 2.59. The first-order chi connectivity index (χ1) is 7.79. The van der Waals surface area contributed by atoms with Crippen molar-refractivity contribution in [1.82, 2.24) is 20.4 Å². The lowest BCUT2D eigenvalue weighted by atomic mass is 10.4. The Morgan fingerprint density at radius 3 is 2.81 bits per heavy atom. The minimum Gasteiger partial charge on any atom is -0.349 e. The Labute approximate surface area is 94.7 Å². The van der Waals surface area contributed by atoms with Crippen LogP contribution in [0.2, 0.25) is 0 Å². The molecule has 2 heterocycles. The first-order valence-electron chi connectivity index (χ1n) is 5.54. The lowest BCUT2D eigenvalue weighted by Gasteiger charge is -2.19. The van der Waals surface area contributed by atoms with E-state index in [1.54, 1.807) is 14.0 Å². The van der Waals surface area contributed by atoms with E-state index in [-0.39, 0.29) is 0 Å². The number of aromatic nitrogens is 2. The summed E-state index contributed by atoms with van der Waals surface area (Å²) in [5.41, 5.74) is 0. The summed E-state index contributed by atoms with van der Waals surface area (Å²) in [6, 6.07) is 0. The molecular formula is C10H17N5O. The Balaban J connectivity index is 1.88. The molecule has 1 saturated heterocycles. The van der Waals surface area contributed by atoms with Gasteiger partial charge in [-0.2, -0.15) is 4.98 Å². The Kier molecular flexibility index (Phi) is 3.38. The summed E-state index contributed by atoms with van der Waals surface area (Å²) < 4.78 is 4.90. The van der Waals surface area contributed by atoms with Crippen molar-refractivity contribution in [3.63, 3.8) is 0 Å². The topological polar surface area (TPSA) is 66.5 Å². The highest BCUT2D eigenvalue weighted by Gasteiger charge is 2.15. The lowest BCUT2D eigenvalue weighted by Crippen LogP contribution is -2.39. The van der Waals surface area contributed by atoms with E-state index in [9.17, 15) is 0 Å². The SMILES string of the molecule is CN=C(NCc1noc(C)n1)N1CCCC1. The van der Waals surface area contributed by atoms with Crippen molar-refractivity contribution in [2.24, 2.45) is 4.99 Å². The normalized spacial score (nSPS) is 16.9. The van der Waals surface area contributed by atoms with Crippen LogP contribution in [-0.4, -0.2) is 41.1 Å². The molecule has 1 aliphatic heterocycles. The van der Waals surface area contributed by atoms with Crippen molar-refractivity contribution >= 4 is 5.96 Å². The monoisotopic (exact) mass is 223 g/mol. The maximum atomic E-state index is 4.90. The summed E-state index contributed by atoms with van der Waals surface area (Å²) in [6.45, 7) is 4.49. The van der Waals surface area contributed by atoms with Crippen LogP contribution in [0.15, 0.2) is 9.52 Å². The van der Waals surface area contributed by atoms with Gasteiger partial charge in [0.15, 0.2) is 11.8 Å². The highest BCUT2D eigenvalue weighted by atomic mass is 16.5. The van der Waals surface area contributed by atoms with E-state index in [0.29, 0.717) is 18.3 Å². The number of hydrogen-bond acceptors (Lipinski definition) is 4. The number of guanidine groups is 1. The van der Waals surface area contributed by atoms with Gasteiger partial charge < -0.3 is 14.7 Å². The van der Waals surface area contributed by atoms with Crippen LogP contribution in [0.25, 0.3) is 0 Å². The number of likely N-dealkylation sites (tertiary alicyclic amines) is 1. The predicted octanol–water partition coefficient (Wildman–Crippen LogP) is 0.549. The molecule has 0 spiro atoms. The molecule has 1 aromatic rings. The predicted molar refractivity (Wildman–Crippen MR) is 60.0 cm³/mol. The molecule has 88 valence electrons. The molecule has 1 aliphatic rings. The molecule has 6 nitrogen and oxygen atoms in total. The Hall–Kier alpha value is -1.59. The van der Waals surface area contributed by atoms with Crippen molar-refractivity contribution in [2.45, 2.75) is 26.3 Å². The van der Waals surface area contributed by atoms with E-state index >= 15 is 0 Å². The van der Waals surface area contributed by atoms with Crippen LogP contribution in [-0.2, 0) is 6.54 Å². The number of rotatable bonds is 2. The molecule has 0 aliphatic carbocycles. The maximum Gasteiger partial charge on any atom is 0.223 e. The zero-order valence-corrected chi connectivity index (χ0v) is 9.73. The Morgan fingerprint density at radius 2 is 2.25 bits per heavy atom. The lowest BCUT2D eigenvalue weighted by molar-refractivity contribution is 0.386. The molecule has 1 fully saturated rings. The van der Waals surface area contributed by atoms with E-state index < -0.39 is 0 Å². The second-order valence-electron chi connectivity index (χ2n) is 3.82. The second kappa shape index (κ2) is 4.96. The van der Waals surface area contributed by atoms with Gasteiger partial charge in [-0.05, 0) is 12.8 Å². The van der Waals surface area contributed by atoms with Crippen LogP contribution in [0.3, 0.4) is 0 Å². The minimum absolute atomic E-state index is 0.556. The molecule has 6 heteroatoms. The standard InChI is InChI=1S/C10H17N5O/c1-8-13-9(14-16-8)7-12-10(11-2)15-5-3-4-6-15/h3-7H2,1-2H3,(H,11,12). The molecule has 2 rings (SSSR count). The molecule has 0 saturated carbocycles. The molecule has 1 N–H and O–H groups in total. The number of nitrogens with zero attached hydrogens (tertiary/aromatic N) is 4. The quantitative estimate of drug-likeness (QED) is 0.586. The number of aryl methyl sites for hydroxylation is 1. The van der Waals surface area contributed by atoms with Gasteiger partial charge in [0, 0.05) is 27.1 Å². The largest absolute Gasteiger partial charge is 0.349 e. The van der Waals surface area contributed by atoms with E-state index in [1.807, 2.05) is 0 Å². The van der Waals surface area contributed by atoms with Crippen molar-refractivity contribution in [3.8, 4) is 0 Å². The van der Waals surface area contributed by atoms with Gasteiger partial charge in [-0.3, -0.25) is 4.99 Å². The van der Waals surface area contributed by atoms with Crippen molar-refractivity contribution < 1.29 is 4.52 Å². The van der Waals surface area contributed by atoms with Gasteiger partial charge in [0.25, 0.3) is 0 Å². The Morgan fingerprint density at radius 1 is 1.50 bits per heavy atom. The number of hydrogen-bond donors (Lipinski definition) is 1. The average Bonchev–Trinajstić information content (AvgIpc) is 2.91. The van der Waals surface area contributed by atoms with E-state index in [0.717, 1.165) is 19.0 Å². The van der Waals surface area contributed by atoms with Gasteiger partial charge in [-0.1, -0.05) is 5.16 Å². The molecule has 1 aromatic heterocycles. The molecule has 0 amide bonds. The molecule has 16 heavy (non-hydrogen) atoms. The summed E-state index contributed by atoms with van der Waals surface area (Å²) >= 11 is 0. The van der Waals surface area contributed by atoms with Gasteiger partial charge in [0.1, 0.15) is 0 Å². The van der Waals surface area contributed by atoms with E-state index in [2.05, 4.69) is 25.3 Å². The van der Waals surface area contributed by atoms with Crippen LogP contribution in [0.5, 0.6) is 0 Å². The van der Waals surface area contributed by atoms with Crippen molar-refractivity contribution in [1.29, 1.82) is 0 Å². The molecule has 0 bridgehead atoms. The molecule has 0 unspecified atom stereocenters. The second-order valence-corrected chi connectivity index (χ2v) is 3.82. The van der Waals surface area contributed by atoms with Crippen molar-refractivity contribution in [2.75, 3.05) is 20.1 Å². The van der Waals surface area contributed by atoms with Crippen LogP contribution in [0, 0.1) is 6.92 Å². The van der Waals surface area contributed by atoms with E-state index in [1.165, 1.54) is 12.8 Å². The highest BCUT2D eigenvalue weighted by Crippen LogP contribution is 2.07.